The minimum atomic E-state index is -1.41. The van der Waals surface area contributed by atoms with Crippen LogP contribution in [-0.4, -0.2) is 70.6 Å². The van der Waals surface area contributed by atoms with Gasteiger partial charge in [0.15, 0.2) is 0 Å². The summed E-state index contributed by atoms with van der Waals surface area (Å²) < 4.78 is 5.57. The number of hydrogen-bond donors (Lipinski definition) is 4. The van der Waals surface area contributed by atoms with E-state index in [1.165, 1.54) is 4.90 Å². The standard InChI is InChI=1S/C35H51N5O7/c1-19(2)35(8,31(45)47-18-21-12-10-9-11-13-21)39-32(46)38-27(33(3,4)5)30(44)40-17-22-24(34(22,6)7)25(40)29(43)37-23(16-20-14-15-20)26(41)28(36)42/h9-13,19-20,22-25,27H,14-18H2,1-8H3,(H2,36,42)(H,37,43)(H2,38,39,46)/t22-,23?,24-,25-,27+,35-/m0/s1. The molecule has 0 spiro atoms. The lowest BCUT2D eigenvalue weighted by Crippen LogP contribution is -2.64. The van der Waals surface area contributed by atoms with E-state index in [2.05, 4.69) is 16.0 Å². The third-order valence-corrected chi connectivity index (χ3v) is 10.5. The lowest BCUT2D eigenvalue weighted by atomic mass is 9.85. The van der Waals surface area contributed by atoms with Crippen molar-refractivity contribution in [2.24, 2.45) is 40.2 Å². The molecule has 1 aliphatic heterocycles. The van der Waals surface area contributed by atoms with E-state index in [0.717, 1.165) is 18.4 Å². The highest BCUT2D eigenvalue weighted by Gasteiger charge is 2.70. The number of nitrogens with two attached hydrogens (primary N) is 1. The lowest BCUT2D eigenvalue weighted by Gasteiger charge is -2.39. The summed E-state index contributed by atoms with van der Waals surface area (Å²) in [4.78, 5) is 80.8. The quantitative estimate of drug-likeness (QED) is 0.187. The molecule has 5 amide bonds. The molecule has 258 valence electrons. The maximum Gasteiger partial charge on any atom is 0.332 e. The van der Waals surface area contributed by atoms with Gasteiger partial charge in [-0.25, -0.2) is 9.59 Å². The van der Waals surface area contributed by atoms with Crippen molar-refractivity contribution in [2.75, 3.05) is 6.54 Å². The number of carbonyl (C=O) groups excluding carboxylic acids is 6. The molecule has 4 rings (SSSR count). The summed E-state index contributed by atoms with van der Waals surface area (Å²) in [6.45, 7) is 15.0. The van der Waals surface area contributed by atoms with E-state index in [1.807, 2.05) is 44.2 Å². The highest BCUT2D eigenvalue weighted by Crippen LogP contribution is 2.65. The molecule has 1 unspecified atom stereocenters. The van der Waals surface area contributed by atoms with Crippen molar-refractivity contribution in [2.45, 2.75) is 105 Å². The number of carbonyl (C=O) groups is 6. The van der Waals surface area contributed by atoms with Crippen LogP contribution in [0, 0.1) is 34.5 Å². The first-order valence-electron chi connectivity index (χ1n) is 16.5. The molecule has 5 N–H and O–H groups in total. The minimum absolute atomic E-state index is 0.0397. The van der Waals surface area contributed by atoms with Gasteiger partial charge in [0.1, 0.15) is 24.2 Å². The summed E-state index contributed by atoms with van der Waals surface area (Å²) in [5, 5.41) is 8.31. The fourth-order valence-corrected chi connectivity index (χ4v) is 6.68. The maximum atomic E-state index is 14.3. The minimum Gasteiger partial charge on any atom is -0.459 e. The van der Waals surface area contributed by atoms with E-state index in [4.69, 9.17) is 10.5 Å². The molecule has 3 fully saturated rings. The zero-order valence-corrected chi connectivity index (χ0v) is 28.8. The molecule has 2 saturated carbocycles. The number of piperidine rings is 1. The van der Waals surface area contributed by atoms with Crippen LogP contribution in [0.25, 0.3) is 0 Å². The second-order valence-electron chi connectivity index (χ2n) is 15.7. The van der Waals surface area contributed by atoms with Crippen LogP contribution in [-0.2, 0) is 35.3 Å². The molecule has 1 aromatic carbocycles. The van der Waals surface area contributed by atoms with Crippen LogP contribution in [0.4, 0.5) is 4.79 Å². The van der Waals surface area contributed by atoms with Crippen LogP contribution in [0.3, 0.4) is 0 Å². The number of likely N-dealkylation sites (tertiary alicyclic amines) is 1. The Balaban J connectivity index is 1.51. The van der Waals surface area contributed by atoms with E-state index < -0.39 is 64.6 Å². The van der Waals surface area contributed by atoms with Gasteiger partial charge in [-0.1, -0.05) is 91.6 Å². The van der Waals surface area contributed by atoms with Gasteiger partial charge in [0.05, 0.1) is 6.04 Å². The molecular weight excluding hydrogens is 602 g/mol. The summed E-state index contributed by atoms with van der Waals surface area (Å²) in [7, 11) is 0. The molecule has 1 heterocycles. The zero-order valence-electron chi connectivity index (χ0n) is 28.8. The molecule has 6 atom stereocenters. The Hall–Kier alpha value is -3.96. The van der Waals surface area contributed by atoms with Crippen molar-refractivity contribution in [1.29, 1.82) is 0 Å². The SMILES string of the molecule is CC(C)[C@](C)(NC(=O)N[C@H](C(=O)N1C[C@H]2[C@@H]([C@H]1C(=O)NC(CC1CC1)C(=O)C(N)=O)C2(C)C)C(C)(C)C)C(=O)OCc1ccccc1. The average Bonchev–Trinajstić information content (AvgIpc) is 3.84. The van der Waals surface area contributed by atoms with Gasteiger partial charge in [-0.15, -0.1) is 0 Å². The summed E-state index contributed by atoms with van der Waals surface area (Å²) in [6, 6.07) is 5.46. The van der Waals surface area contributed by atoms with Crippen LogP contribution in [0.2, 0.25) is 0 Å². The van der Waals surface area contributed by atoms with Crippen molar-refractivity contribution in [3.05, 3.63) is 35.9 Å². The predicted octanol–water partition coefficient (Wildman–Crippen LogP) is 2.68. The van der Waals surface area contributed by atoms with E-state index in [1.54, 1.807) is 41.5 Å². The largest absolute Gasteiger partial charge is 0.459 e. The molecule has 3 aliphatic rings. The first kappa shape index (κ1) is 35.9. The molecule has 1 aromatic rings. The number of urea groups is 1. The van der Waals surface area contributed by atoms with Crippen molar-refractivity contribution in [3.8, 4) is 0 Å². The molecule has 1 saturated heterocycles. The Bertz CT molecular complexity index is 1400. The van der Waals surface area contributed by atoms with E-state index in [0.29, 0.717) is 13.0 Å². The van der Waals surface area contributed by atoms with Crippen molar-refractivity contribution in [1.82, 2.24) is 20.9 Å². The van der Waals surface area contributed by atoms with Gasteiger partial charge >= 0.3 is 12.0 Å². The molecule has 0 aromatic heterocycles. The molecule has 12 heteroatoms. The van der Waals surface area contributed by atoms with Gasteiger partial charge in [0.25, 0.3) is 5.91 Å². The number of rotatable bonds is 13. The van der Waals surface area contributed by atoms with Crippen molar-refractivity contribution >= 4 is 35.5 Å². The highest BCUT2D eigenvalue weighted by atomic mass is 16.5. The van der Waals surface area contributed by atoms with Crippen molar-refractivity contribution < 1.29 is 33.5 Å². The summed E-state index contributed by atoms with van der Waals surface area (Å²) >= 11 is 0. The number of benzene rings is 1. The number of primary amides is 1. The molecule has 0 bridgehead atoms. The number of ketones is 1. The Morgan fingerprint density at radius 3 is 2.15 bits per heavy atom. The Kier molecular flexibility index (Phi) is 10.1. The Labute approximate surface area is 277 Å². The molecule has 12 nitrogen and oxygen atoms in total. The van der Waals surface area contributed by atoms with Crippen LogP contribution < -0.4 is 21.7 Å². The number of nitrogens with one attached hydrogen (secondary N) is 3. The number of fused-ring (bicyclic) bond motifs is 1. The third-order valence-electron chi connectivity index (χ3n) is 10.5. The number of Topliss-reactive ketones (excluding diaryl/α,β-unsaturated/α-hetero) is 1. The average molecular weight is 654 g/mol. The second kappa shape index (κ2) is 13.3. The normalized spacial score (nSPS) is 23.9. The third kappa shape index (κ3) is 7.79. The molecule has 47 heavy (non-hydrogen) atoms. The number of nitrogens with zero attached hydrogens (tertiary/aromatic N) is 1. The number of amides is 5. The number of esters is 1. The first-order chi connectivity index (χ1) is 21.8. The van der Waals surface area contributed by atoms with E-state index in [-0.39, 0.29) is 35.7 Å². The Morgan fingerprint density at radius 1 is 1.00 bits per heavy atom. The first-order valence-corrected chi connectivity index (χ1v) is 16.5. The van der Waals surface area contributed by atoms with Crippen LogP contribution in [0.1, 0.15) is 80.2 Å². The van der Waals surface area contributed by atoms with Gasteiger partial charge in [0.2, 0.25) is 17.6 Å². The number of hydrogen-bond acceptors (Lipinski definition) is 7. The monoisotopic (exact) mass is 653 g/mol. The van der Waals surface area contributed by atoms with Crippen molar-refractivity contribution in [3.63, 3.8) is 0 Å². The van der Waals surface area contributed by atoms with Crippen LogP contribution in [0.5, 0.6) is 0 Å². The van der Waals surface area contributed by atoms with Crippen LogP contribution >= 0.6 is 0 Å². The molecule has 0 radical (unpaired) electrons. The van der Waals surface area contributed by atoms with E-state index >= 15 is 0 Å². The number of ether oxygens (including phenoxy) is 1. The fourth-order valence-electron chi connectivity index (χ4n) is 6.68. The van der Waals surface area contributed by atoms with Gasteiger partial charge < -0.3 is 31.3 Å². The van der Waals surface area contributed by atoms with Gasteiger partial charge in [-0.2, -0.15) is 0 Å². The summed E-state index contributed by atoms with van der Waals surface area (Å²) in [6.07, 6.45) is 2.14. The second-order valence-corrected chi connectivity index (χ2v) is 15.7. The maximum absolute atomic E-state index is 14.3. The highest BCUT2D eigenvalue weighted by molar-refractivity contribution is 6.37. The Morgan fingerprint density at radius 2 is 1.62 bits per heavy atom. The fraction of sp³-hybridized carbons (Fsp3) is 0.657. The van der Waals surface area contributed by atoms with Gasteiger partial charge in [0, 0.05) is 6.54 Å². The predicted molar refractivity (Wildman–Crippen MR) is 174 cm³/mol. The van der Waals surface area contributed by atoms with Gasteiger partial charge in [-0.3, -0.25) is 19.2 Å². The topological polar surface area (TPSA) is 177 Å². The zero-order chi connectivity index (χ0) is 35.1. The summed E-state index contributed by atoms with van der Waals surface area (Å²) in [5.74, 6) is -3.77. The molecule has 2 aliphatic carbocycles. The van der Waals surface area contributed by atoms with Gasteiger partial charge in [-0.05, 0) is 53.4 Å². The molecular formula is C35H51N5O7. The van der Waals surface area contributed by atoms with Crippen LogP contribution in [0.15, 0.2) is 30.3 Å². The lowest BCUT2D eigenvalue weighted by molar-refractivity contribution is -0.153. The smallest absolute Gasteiger partial charge is 0.332 e. The summed E-state index contributed by atoms with van der Waals surface area (Å²) in [5.41, 5.74) is 3.70. The van der Waals surface area contributed by atoms with E-state index in [9.17, 15) is 28.8 Å².